The average Bonchev–Trinajstić information content (AvgIpc) is 2.48. The molecular formula is C17H19NO2. The van der Waals surface area contributed by atoms with Crippen LogP contribution in [0.3, 0.4) is 0 Å². The van der Waals surface area contributed by atoms with E-state index < -0.39 is 6.10 Å². The number of rotatable bonds is 5. The molecule has 0 aliphatic rings. The van der Waals surface area contributed by atoms with Crippen molar-refractivity contribution in [2.45, 2.75) is 19.4 Å². The maximum atomic E-state index is 11.8. The molecule has 0 saturated heterocycles. The van der Waals surface area contributed by atoms with Crippen LogP contribution in [0.1, 0.15) is 22.8 Å². The highest BCUT2D eigenvalue weighted by atomic mass is 16.3. The number of amides is 1. The lowest BCUT2D eigenvalue weighted by atomic mass is 10.1. The van der Waals surface area contributed by atoms with Gasteiger partial charge in [-0.15, -0.1) is 0 Å². The molecule has 3 nitrogen and oxygen atoms in total. The monoisotopic (exact) mass is 269 g/mol. The largest absolute Gasteiger partial charge is 0.387 e. The van der Waals surface area contributed by atoms with Crippen molar-refractivity contribution in [2.24, 2.45) is 0 Å². The molecule has 0 fully saturated rings. The molecule has 0 aliphatic heterocycles. The van der Waals surface area contributed by atoms with Crippen molar-refractivity contribution >= 4 is 5.91 Å². The van der Waals surface area contributed by atoms with Gasteiger partial charge in [-0.1, -0.05) is 60.2 Å². The zero-order valence-corrected chi connectivity index (χ0v) is 11.5. The summed E-state index contributed by atoms with van der Waals surface area (Å²) in [7, 11) is 0. The average molecular weight is 269 g/mol. The number of aliphatic hydroxyl groups is 1. The molecule has 3 heteroatoms. The van der Waals surface area contributed by atoms with Crippen LogP contribution in [0.25, 0.3) is 0 Å². The van der Waals surface area contributed by atoms with Crippen LogP contribution in [0, 0.1) is 6.92 Å². The molecule has 0 radical (unpaired) electrons. The van der Waals surface area contributed by atoms with E-state index in [1.165, 1.54) is 5.56 Å². The topological polar surface area (TPSA) is 49.3 Å². The summed E-state index contributed by atoms with van der Waals surface area (Å²) in [5.74, 6) is -0.0798. The van der Waals surface area contributed by atoms with Crippen molar-refractivity contribution in [3.8, 4) is 0 Å². The van der Waals surface area contributed by atoms with Crippen LogP contribution in [0.15, 0.2) is 54.6 Å². The van der Waals surface area contributed by atoms with Gasteiger partial charge in [0.2, 0.25) is 5.91 Å². The fourth-order valence-corrected chi connectivity index (χ4v) is 1.96. The Morgan fingerprint density at radius 1 is 1.10 bits per heavy atom. The summed E-state index contributed by atoms with van der Waals surface area (Å²) >= 11 is 0. The number of hydrogen-bond acceptors (Lipinski definition) is 2. The number of carbonyl (C=O) groups is 1. The minimum absolute atomic E-state index is 0.0798. The maximum Gasteiger partial charge on any atom is 0.224 e. The van der Waals surface area contributed by atoms with Crippen LogP contribution >= 0.6 is 0 Å². The first-order valence-corrected chi connectivity index (χ1v) is 6.70. The van der Waals surface area contributed by atoms with E-state index in [2.05, 4.69) is 5.32 Å². The normalized spacial score (nSPS) is 11.9. The predicted octanol–water partition coefficient (Wildman–Crippen LogP) is 2.39. The van der Waals surface area contributed by atoms with Crippen LogP contribution in [-0.4, -0.2) is 17.6 Å². The van der Waals surface area contributed by atoms with Crippen LogP contribution < -0.4 is 5.32 Å². The molecule has 1 atom stereocenters. The van der Waals surface area contributed by atoms with Crippen molar-refractivity contribution in [3.63, 3.8) is 0 Å². The molecule has 0 aromatic heterocycles. The van der Waals surface area contributed by atoms with E-state index in [0.29, 0.717) is 6.42 Å². The van der Waals surface area contributed by atoms with Crippen LogP contribution in [0.4, 0.5) is 0 Å². The molecule has 2 aromatic carbocycles. The minimum atomic E-state index is -0.668. The molecule has 2 rings (SSSR count). The molecule has 0 saturated carbocycles. The van der Waals surface area contributed by atoms with E-state index in [9.17, 15) is 9.90 Å². The lowest BCUT2D eigenvalue weighted by molar-refractivity contribution is -0.120. The third kappa shape index (κ3) is 4.21. The third-order valence-corrected chi connectivity index (χ3v) is 3.16. The van der Waals surface area contributed by atoms with Crippen molar-refractivity contribution in [1.82, 2.24) is 5.32 Å². The lowest BCUT2D eigenvalue weighted by Crippen LogP contribution is -2.29. The Bertz CT molecular complexity index is 549. The second-order valence-corrected chi connectivity index (χ2v) is 4.89. The second kappa shape index (κ2) is 6.87. The first-order valence-electron chi connectivity index (χ1n) is 6.70. The van der Waals surface area contributed by atoms with Gasteiger partial charge in [-0.3, -0.25) is 4.79 Å². The molecular weight excluding hydrogens is 250 g/mol. The van der Waals surface area contributed by atoms with E-state index in [4.69, 9.17) is 0 Å². The Morgan fingerprint density at radius 3 is 2.40 bits per heavy atom. The van der Waals surface area contributed by atoms with Crippen LogP contribution in [-0.2, 0) is 11.2 Å². The van der Waals surface area contributed by atoms with E-state index in [0.717, 1.165) is 11.1 Å². The molecule has 104 valence electrons. The van der Waals surface area contributed by atoms with Gasteiger partial charge < -0.3 is 10.4 Å². The molecule has 0 aliphatic carbocycles. The standard InChI is InChI=1S/C17H19NO2/c1-13-7-9-14(10-8-13)11-17(20)18-12-16(19)15-5-3-2-4-6-15/h2-10,16,19H,11-12H2,1H3,(H,18,20)/t16-/m1/s1. The Labute approximate surface area is 119 Å². The molecule has 20 heavy (non-hydrogen) atoms. The van der Waals surface area contributed by atoms with Gasteiger partial charge in [0.1, 0.15) is 0 Å². The summed E-state index contributed by atoms with van der Waals surface area (Å²) in [6.45, 7) is 2.24. The zero-order valence-electron chi connectivity index (χ0n) is 11.5. The summed E-state index contributed by atoms with van der Waals surface area (Å²) in [5.41, 5.74) is 2.96. The summed E-state index contributed by atoms with van der Waals surface area (Å²) < 4.78 is 0. The molecule has 1 amide bonds. The van der Waals surface area contributed by atoms with Gasteiger partial charge in [0.05, 0.1) is 12.5 Å². The third-order valence-electron chi connectivity index (χ3n) is 3.16. The Kier molecular flexibility index (Phi) is 4.91. The SMILES string of the molecule is Cc1ccc(CC(=O)NC[C@@H](O)c2ccccc2)cc1. The zero-order chi connectivity index (χ0) is 14.4. The number of benzene rings is 2. The molecule has 2 N–H and O–H groups in total. The summed E-state index contributed by atoms with van der Waals surface area (Å²) in [6, 6.07) is 17.2. The second-order valence-electron chi connectivity index (χ2n) is 4.89. The minimum Gasteiger partial charge on any atom is -0.387 e. The highest BCUT2D eigenvalue weighted by molar-refractivity contribution is 5.78. The van der Waals surface area contributed by atoms with Crippen molar-refractivity contribution in [1.29, 1.82) is 0 Å². The Hall–Kier alpha value is -2.13. The van der Waals surface area contributed by atoms with E-state index >= 15 is 0 Å². The fourth-order valence-electron chi connectivity index (χ4n) is 1.96. The molecule has 0 bridgehead atoms. The van der Waals surface area contributed by atoms with Crippen molar-refractivity contribution in [3.05, 3.63) is 71.3 Å². The van der Waals surface area contributed by atoms with E-state index in [-0.39, 0.29) is 12.5 Å². The van der Waals surface area contributed by atoms with Crippen LogP contribution in [0.5, 0.6) is 0 Å². The van der Waals surface area contributed by atoms with Gasteiger partial charge in [0.25, 0.3) is 0 Å². The van der Waals surface area contributed by atoms with Gasteiger partial charge in [0, 0.05) is 6.54 Å². The Morgan fingerprint density at radius 2 is 1.75 bits per heavy atom. The molecule has 0 heterocycles. The smallest absolute Gasteiger partial charge is 0.224 e. The molecule has 2 aromatic rings. The van der Waals surface area contributed by atoms with E-state index in [1.807, 2.05) is 61.5 Å². The number of hydrogen-bond donors (Lipinski definition) is 2. The van der Waals surface area contributed by atoms with Gasteiger partial charge in [0.15, 0.2) is 0 Å². The highest BCUT2D eigenvalue weighted by Gasteiger charge is 2.09. The lowest BCUT2D eigenvalue weighted by Gasteiger charge is -2.12. The fraction of sp³-hybridized carbons (Fsp3) is 0.235. The van der Waals surface area contributed by atoms with E-state index in [1.54, 1.807) is 0 Å². The first kappa shape index (κ1) is 14.3. The Balaban J connectivity index is 1.82. The molecule has 0 spiro atoms. The number of aryl methyl sites for hydroxylation is 1. The van der Waals surface area contributed by atoms with Gasteiger partial charge >= 0.3 is 0 Å². The summed E-state index contributed by atoms with van der Waals surface area (Å²) in [5, 5.41) is 12.7. The number of carbonyl (C=O) groups excluding carboxylic acids is 1. The van der Waals surface area contributed by atoms with Crippen molar-refractivity contribution < 1.29 is 9.90 Å². The maximum absolute atomic E-state index is 11.8. The number of nitrogens with one attached hydrogen (secondary N) is 1. The first-order chi connectivity index (χ1) is 9.65. The summed E-state index contributed by atoms with van der Waals surface area (Å²) in [6.07, 6.45) is -0.333. The summed E-state index contributed by atoms with van der Waals surface area (Å²) in [4.78, 5) is 11.8. The van der Waals surface area contributed by atoms with Gasteiger partial charge in [-0.05, 0) is 18.1 Å². The quantitative estimate of drug-likeness (QED) is 0.875. The number of aliphatic hydroxyl groups excluding tert-OH is 1. The predicted molar refractivity (Wildman–Crippen MR) is 79.3 cm³/mol. The van der Waals surface area contributed by atoms with Gasteiger partial charge in [-0.25, -0.2) is 0 Å². The highest BCUT2D eigenvalue weighted by Crippen LogP contribution is 2.10. The van der Waals surface area contributed by atoms with Crippen LogP contribution in [0.2, 0.25) is 0 Å². The van der Waals surface area contributed by atoms with Crippen molar-refractivity contribution in [2.75, 3.05) is 6.54 Å². The van der Waals surface area contributed by atoms with Gasteiger partial charge in [-0.2, -0.15) is 0 Å². The molecule has 0 unspecified atom stereocenters.